The number of benzene rings is 2. The SMILES string of the molecule is COc1ccc([C@@H]2C[C@H](C(F)(F)F)n3nc(C(=O)NCc4ccc5c(c4)OCO5)cc3N2)cc1. The van der Waals surface area contributed by atoms with Gasteiger partial charge in [-0.05, 0) is 35.4 Å². The van der Waals surface area contributed by atoms with E-state index in [1.54, 1.807) is 42.5 Å². The second-order valence-electron chi connectivity index (χ2n) is 7.99. The smallest absolute Gasteiger partial charge is 0.410 e. The lowest BCUT2D eigenvalue weighted by molar-refractivity contribution is -0.173. The number of hydrogen-bond donors (Lipinski definition) is 2. The van der Waals surface area contributed by atoms with Gasteiger partial charge in [0.25, 0.3) is 5.91 Å². The van der Waals surface area contributed by atoms with Gasteiger partial charge in [-0.3, -0.25) is 4.79 Å². The summed E-state index contributed by atoms with van der Waals surface area (Å²) in [6, 6.07) is 10.9. The van der Waals surface area contributed by atoms with Gasteiger partial charge in [-0.1, -0.05) is 18.2 Å². The van der Waals surface area contributed by atoms with Gasteiger partial charge in [0, 0.05) is 19.0 Å². The van der Waals surface area contributed by atoms with E-state index in [1.165, 1.54) is 13.2 Å². The van der Waals surface area contributed by atoms with E-state index in [0.717, 1.165) is 10.2 Å². The fourth-order valence-corrected chi connectivity index (χ4v) is 4.06. The normalized spacial score (nSPS) is 18.7. The number of aromatic nitrogens is 2. The van der Waals surface area contributed by atoms with E-state index in [4.69, 9.17) is 14.2 Å². The first-order valence-electron chi connectivity index (χ1n) is 10.6. The van der Waals surface area contributed by atoms with Crippen molar-refractivity contribution >= 4 is 11.7 Å². The number of carbonyl (C=O) groups excluding carboxylic acids is 1. The van der Waals surface area contributed by atoms with Crippen molar-refractivity contribution in [2.45, 2.75) is 31.2 Å². The lowest BCUT2D eigenvalue weighted by Gasteiger charge is -2.33. The van der Waals surface area contributed by atoms with Crippen LogP contribution < -0.4 is 24.8 Å². The summed E-state index contributed by atoms with van der Waals surface area (Å²) in [6.45, 7) is 0.290. The Morgan fingerprint density at radius 2 is 1.94 bits per heavy atom. The average molecular weight is 474 g/mol. The number of carbonyl (C=O) groups is 1. The molecule has 0 saturated carbocycles. The minimum atomic E-state index is -4.53. The number of ether oxygens (including phenoxy) is 3. The number of halogens is 3. The molecule has 2 aliphatic rings. The Hall–Kier alpha value is -3.89. The summed E-state index contributed by atoms with van der Waals surface area (Å²) in [4.78, 5) is 12.7. The molecule has 2 N–H and O–H groups in total. The molecule has 0 spiro atoms. The Kier molecular flexibility index (Phi) is 5.46. The van der Waals surface area contributed by atoms with Gasteiger partial charge < -0.3 is 24.8 Å². The third kappa shape index (κ3) is 4.20. The Morgan fingerprint density at radius 3 is 2.68 bits per heavy atom. The molecule has 2 aromatic carbocycles. The molecule has 8 nitrogen and oxygen atoms in total. The van der Waals surface area contributed by atoms with Crippen LogP contribution in [-0.4, -0.2) is 35.8 Å². The van der Waals surface area contributed by atoms with E-state index in [1.807, 2.05) is 0 Å². The van der Waals surface area contributed by atoms with Crippen LogP contribution in [0.5, 0.6) is 17.2 Å². The van der Waals surface area contributed by atoms with E-state index < -0.39 is 24.2 Å². The quantitative estimate of drug-likeness (QED) is 0.576. The monoisotopic (exact) mass is 474 g/mol. The maximum absolute atomic E-state index is 13.9. The molecule has 0 unspecified atom stereocenters. The number of nitrogens with one attached hydrogen (secondary N) is 2. The lowest BCUT2D eigenvalue weighted by Crippen LogP contribution is -2.35. The number of nitrogens with zero attached hydrogens (tertiary/aromatic N) is 2. The number of alkyl halides is 3. The molecular weight excluding hydrogens is 453 g/mol. The van der Waals surface area contributed by atoms with Crippen molar-refractivity contribution in [3.8, 4) is 17.2 Å². The molecule has 0 aliphatic carbocycles. The summed E-state index contributed by atoms with van der Waals surface area (Å²) in [6.07, 6.45) is -4.80. The molecule has 1 aromatic heterocycles. The van der Waals surface area contributed by atoms with E-state index in [2.05, 4.69) is 15.7 Å². The van der Waals surface area contributed by atoms with E-state index in [9.17, 15) is 18.0 Å². The van der Waals surface area contributed by atoms with Crippen molar-refractivity contribution in [3.05, 3.63) is 65.4 Å². The third-order valence-corrected chi connectivity index (χ3v) is 5.83. The molecule has 1 amide bonds. The number of fused-ring (bicyclic) bond motifs is 2. The number of anilines is 1. The predicted molar refractivity (Wildman–Crippen MR) is 115 cm³/mol. The summed E-state index contributed by atoms with van der Waals surface area (Å²) < 4.78 is 58.2. The molecule has 2 aliphatic heterocycles. The van der Waals surface area contributed by atoms with Crippen LogP contribution in [0.2, 0.25) is 0 Å². The second-order valence-corrected chi connectivity index (χ2v) is 7.99. The fourth-order valence-electron chi connectivity index (χ4n) is 4.06. The van der Waals surface area contributed by atoms with Gasteiger partial charge in [-0.2, -0.15) is 18.3 Å². The highest BCUT2D eigenvalue weighted by molar-refractivity contribution is 5.93. The zero-order valence-electron chi connectivity index (χ0n) is 18.1. The Bertz CT molecular complexity index is 1210. The van der Waals surface area contributed by atoms with Crippen LogP contribution in [-0.2, 0) is 6.54 Å². The predicted octanol–water partition coefficient (Wildman–Crippen LogP) is 4.21. The van der Waals surface area contributed by atoms with Crippen LogP contribution in [0.3, 0.4) is 0 Å². The van der Waals surface area contributed by atoms with Crippen LogP contribution in [0.25, 0.3) is 0 Å². The van der Waals surface area contributed by atoms with Gasteiger partial charge in [0.15, 0.2) is 23.2 Å². The molecular formula is C23H21F3N4O4. The zero-order chi connectivity index (χ0) is 23.9. The van der Waals surface area contributed by atoms with Crippen LogP contribution in [0.1, 0.15) is 40.1 Å². The number of hydrogen-bond acceptors (Lipinski definition) is 6. The summed E-state index contributed by atoms with van der Waals surface area (Å²) >= 11 is 0. The number of amides is 1. The highest BCUT2D eigenvalue weighted by Gasteiger charge is 2.46. The van der Waals surface area contributed by atoms with Crippen LogP contribution in [0, 0.1) is 0 Å². The van der Waals surface area contributed by atoms with Crippen molar-refractivity contribution in [2.24, 2.45) is 0 Å². The second kappa shape index (κ2) is 8.47. The molecule has 11 heteroatoms. The maximum Gasteiger partial charge on any atom is 0.410 e. The van der Waals surface area contributed by atoms with E-state index >= 15 is 0 Å². The Morgan fingerprint density at radius 1 is 1.18 bits per heavy atom. The molecule has 0 radical (unpaired) electrons. The lowest BCUT2D eigenvalue weighted by atomic mass is 9.97. The summed E-state index contributed by atoms with van der Waals surface area (Å²) in [7, 11) is 1.52. The zero-order valence-corrected chi connectivity index (χ0v) is 18.1. The molecule has 34 heavy (non-hydrogen) atoms. The average Bonchev–Trinajstić information content (AvgIpc) is 3.47. The maximum atomic E-state index is 13.9. The highest BCUT2D eigenvalue weighted by atomic mass is 19.4. The first-order valence-corrected chi connectivity index (χ1v) is 10.6. The van der Waals surface area contributed by atoms with Crippen LogP contribution in [0.4, 0.5) is 19.0 Å². The number of methoxy groups -OCH3 is 1. The van der Waals surface area contributed by atoms with Gasteiger partial charge in [0.2, 0.25) is 6.79 Å². The van der Waals surface area contributed by atoms with Gasteiger partial charge in [0.1, 0.15) is 11.6 Å². The molecule has 2 atom stereocenters. The minimum Gasteiger partial charge on any atom is -0.497 e. The van der Waals surface area contributed by atoms with Gasteiger partial charge in [0.05, 0.1) is 13.2 Å². The number of rotatable bonds is 5. The first-order chi connectivity index (χ1) is 16.3. The highest BCUT2D eigenvalue weighted by Crippen LogP contribution is 2.43. The summed E-state index contributed by atoms with van der Waals surface area (Å²) in [5.74, 6) is 1.35. The largest absolute Gasteiger partial charge is 0.497 e. The molecule has 0 fully saturated rings. The van der Waals surface area contributed by atoms with Gasteiger partial charge in [-0.25, -0.2) is 4.68 Å². The standard InChI is InChI=1S/C23H21F3N4O4/c1-32-15-5-3-14(4-6-15)16-9-20(23(24,25)26)30-21(28-16)10-17(29-30)22(31)27-11-13-2-7-18-19(8-13)34-12-33-18/h2-8,10,16,20,28H,9,11-12H2,1H3,(H,27,31)/t16-,20+/m0/s1. The van der Waals surface area contributed by atoms with Gasteiger partial charge in [-0.15, -0.1) is 0 Å². The Balaban J connectivity index is 1.35. The van der Waals surface area contributed by atoms with E-state index in [-0.39, 0.29) is 31.3 Å². The summed E-state index contributed by atoms with van der Waals surface area (Å²) in [5.41, 5.74) is 1.33. The molecule has 178 valence electrons. The van der Waals surface area contributed by atoms with Crippen molar-refractivity contribution in [3.63, 3.8) is 0 Å². The van der Waals surface area contributed by atoms with Crippen molar-refractivity contribution in [2.75, 3.05) is 19.2 Å². The molecule has 0 saturated heterocycles. The topological polar surface area (TPSA) is 86.6 Å². The van der Waals surface area contributed by atoms with Crippen LogP contribution in [0.15, 0.2) is 48.5 Å². The molecule has 3 aromatic rings. The fraction of sp³-hybridized carbons (Fsp3) is 0.304. The first kappa shape index (κ1) is 21.9. The van der Waals surface area contributed by atoms with Crippen LogP contribution >= 0.6 is 0 Å². The third-order valence-electron chi connectivity index (χ3n) is 5.83. The molecule has 3 heterocycles. The molecule has 5 rings (SSSR count). The van der Waals surface area contributed by atoms with Crippen molar-refractivity contribution < 1.29 is 32.2 Å². The van der Waals surface area contributed by atoms with E-state index in [0.29, 0.717) is 22.8 Å². The minimum absolute atomic E-state index is 0.104. The summed E-state index contributed by atoms with van der Waals surface area (Å²) in [5, 5.41) is 9.75. The van der Waals surface area contributed by atoms with Crippen molar-refractivity contribution in [1.82, 2.24) is 15.1 Å². The van der Waals surface area contributed by atoms with Crippen molar-refractivity contribution in [1.29, 1.82) is 0 Å². The molecule has 0 bridgehead atoms. The van der Waals surface area contributed by atoms with Gasteiger partial charge >= 0.3 is 6.18 Å². The Labute approximate surface area is 192 Å².